The minimum absolute atomic E-state index is 0.149. The van der Waals surface area contributed by atoms with Crippen LogP contribution in [0, 0.1) is 0 Å². The lowest BCUT2D eigenvalue weighted by atomic mass is 9.98. The molecule has 1 fully saturated rings. The predicted molar refractivity (Wildman–Crippen MR) is 103 cm³/mol. The van der Waals surface area contributed by atoms with Crippen LogP contribution in [0.4, 0.5) is 0 Å². The van der Waals surface area contributed by atoms with Gasteiger partial charge in [0.1, 0.15) is 6.10 Å². The normalized spacial score (nSPS) is 22.5. The molecule has 1 heterocycles. The van der Waals surface area contributed by atoms with E-state index in [0.29, 0.717) is 6.42 Å². The second-order valence-corrected chi connectivity index (χ2v) is 6.71. The van der Waals surface area contributed by atoms with Gasteiger partial charge in [-0.1, -0.05) is 78.9 Å². The first-order valence-corrected chi connectivity index (χ1v) is 8.95. The molecule has 0 amide bonds. The molecule has 0 unspecified atom stereocenters. The zero-order chi connectivity index (χ0) is 17.9. The van der Waals surface area contributed by atoms with E-state index in [4.69, 9.17) is 4.74 Å². The van der Waals surface area contributed by atoms with E-state index in [1.807, 2.05) is 30.3 Å². The minimum atomic E-state index is -0.602. The third-order valence-electron chi connectivity index (χ3n) is 5.01. The molecule has 3 nitrogen and oxygen atoms in total. The van der Waals surface area contributed by atoms with Gasteiger partial charge >= 0.3 is 0 Å². The largest absolute Gasteiger partial charge is 0.394 e. The number of aliphatic hydroxyl groups is 2. The van der Waals surface area contributed by atoms with Gasteiger partial charge in [0.05, 0.1) is 18.8 Å². The number of ether oxygens (including phenoxy) is 1. The van der Waals surface area contributed by atoms with Crippen molar-refractivity contribution in [3.05, 3.63) is 84.4 Å². The first-order valence-electron chi connectivity index (χ1n) is 8.95. The molecule has 2 N–H and O–H groups in total. The summed E-state index contributed by atoms with van der Waals surface area (Å²) in [6.07, 6.45) is -0.715. The van der Waals surface area contributed by atoms with Crippen molar-refractivity contribution in [3.8, 4) is 22.3 Å². The average molecular weight is 346 g/mol. The second-order valence-electron chi connectivity index (χ2n) is 6.71. The highest BCUT2D eigenvalue weighted by molar-refractivity contribution is 5.70. The van der Waals surface area contributed by atoms with Crippen LogP contribution in [-0.4, -0.2) is 29.0 Å². The zero-order valence-electron chi connectivity index (χ0n) is 14.5. The fourth-order valence-corrected chi connectivity index (χ4v) is 3.48. The molecule has 0 aliphatic carbocycles. The summed E-state index contributed by atoms with van der Waals surface area (Å²) in [6, 6.07) is 27.1. The molecule has 1 saturated heterocycles. The highest BCUT2D eigenvalue weighted by atomic mass is 16.5. The van der Waals surface area contributed by atoms with Gasteiger partial charge < -0.3 is 14.9 Å². The number of benzene rings is 3. The van der Waals surface area contributed by atoms with Gasteiger partial charge in [0.25, 0.3) is 0 Å². The predicted octanol–water partition coefficient (Wildman–Crippen LogP) is 4.20. The fraction of sp³-hybridized carbons (Fsp3) is 0.217. The molecule has 3 heteroatoms. The lowest BCUT2D eigenvalue weighted by Gasteiger charge is -2.13. The zero-order valence-corrected chi connectivity index (χ0v) is 14.5. The van der Waals surface area contributed by atoms with Crippen LogP contribution in [-0.2, 0) is 4.74 Å². The van der Waals surface area contributed by atoms with Gasteiger partial charge in [-0.25, -0.2) is 0 Å². The van der Waals surface area contributed by atoms with E-state index < -0.39 is 12.2 Å². The Kier molecular flexibility index (Phi) is 4.85. The standard InChI is InChI=1S/C23H22O3/c24-15-23-21(25)14-22(26-23)20-12-10-19(11-13-20)18-8-6-17(7-9-18)16-4-2-1-3-5-16/h1-13,21-25H,14-15H2/t21-,22+,23-/m1/s1. The lowest BCUT2D eigenvalue weighted by Crippen LogP contribution is -2.24. The van der Waals surface area contributed by atoms with Crippen LogP contribution in [0.15, 0.2) is 78.9 Å². The van der Waals surface area contributed by atoms with Crippen LogP contribution in [0.5, 0.6) is 0 Å². The van der Waals surface area contributed by atoms with Crippen molar-refractivity contribution >= 4 is 0 Å². The number of aliphatic hydroxyl groups excluding tert-OH is 2. The van der Waals surface area contributed by atoms with Crippen molar-refractivity contribution in [1.29, 1.82) is 0 Å². The molecule has 1 aliphatic rings. The Morgan fingerprint density at radius 1 is 0.731 bits per heavy atom. The van der Waals surface area contributed by atoms with Gasteiger partial charge in [0.2, 0.25) is 0 Å². The first-order chi connectivity index (χ1) is 12.7. The van der Waals surface area contributed by atoms with E-state index in [1.165, 1.54) is 11.1 Å². The van der Waals surface area contributed by atoms with Gasteiger partial charge in [-0.2, -0.15) is 0 Å². The molecular weight excluding hydrogens is 324 g/mol. The Balaban J connectivity index is 1.50. The summed E-state index contributed by atoms with van der Waals surface area (Å²) in [5, 5.41) is 19.1. The molecule has 1 aliphatic heterocycles. The Bertz CT molecular complexity index is 841. The van der Waals surface area contributed by atoms with Crippen molar-refractivity contribution in [2.75, 3.05) is 6.61 Å². The maximum Gasteiger partial charge on any atom is 0.107 e. The van der Waals surface area contributed by atoms with Crippen LogP contribution in [0.2, 0.25) is 0 Å². The summed E-state index contributed by atoms with van der Waals surface area (Å²) >= 11 is 0. The molecule has 26 heavy (non-hydrogen) atoms. The molecule has 0 spiro atoms. The topological polar surface area (TPSA) is 49.7 Å². The molecule has 0 radical (unpaired) electrons. The molecule has 0 aromatic heterocycles. The SMILES string of the molecule is OC[C@H]1O[C@H](c2ccc(-c3ccc(-c4ccccc4)cc3)cc2)C[C@H]1O. The summed E-state index contributed by atoms with van der Waals surface area (Å²) in [7, 11) is 0. The summed E-state index contributed by atoms with van der Waals surface area (Å²) in [6.45, 7) is -0.149. The number of hydrogen-bond donors (Lipinski definition) is 2. The van der Waals surface area contributed by atoms with Crippen LogP contribution >= 0.6 is 0 Å². The monoisotopic (exact) mass is 346 g/mol. The summed E-state index contributed by atoms with van der Waals surface area (Å²) in [5.41, 5.74) is 5.76. The van der Waals surface area contributed by atoms with Gasteiger partial charge in [0, 0.05) is 6.42 Å². The molecule has 3 atom stereocenters. The number of rotatable bonds is 4. The summed E-state index contributed by atoms with van der Waals surface area (Å²) < 4.78 is 5.72. The van der Waals surface area contributed by atoms with E-state index in [2.05, 4.69) is 48.5 Å². The number of hydrogen-bond acceptors (Lipinski definition) is 3. The van der Waals surface area contributed by atoms with Crippen molar-refractivity contribution < 1.29 is 14.9 Å². The summed E-state index contributed by atoms with van der Waals surface area (Å²) in [5.74, 6) is 0. The van der Waals surface area contributed by atoms with E-state index in [1.54, 1.807) is 0 Å². The third-order valence-corrected chi connectivity index (χ3v) is 5.01. The van der Waals surface area contributed by atoms with E-state index in [0.717, 1.165) is 16.7 Å². The molecule has 0 saturated carbocycles. The van der Waals surface area contributed by atoms with Gasteiger partial charge in [-0.3, -0.25) is 0 Å². The first kappa shape index (κ1) is 17.0. The maximum atomic E-state index is 9.89. The molecular formula is C23H22O3. The Labute approximate surface area is 153 Å². The van der Waals surface area contributed by atoms with Crippen LogP contribution in [0.3, 0.4) is 0 Å². The second kappa shape index (κ2) is 7.42. The Morgan fingerprint density at radius 2 is 1.23 bits per heavy atom. The fourth-order valence-electron chi connectivity index (χ4n) is 3.48. The van der Waals surface area contributed by atoms with Gasteiger partial charge in [0.15, 0.2) is 0 Å². The van der Waals surface area contributed by atoms with E-state index in [9.17, 15) is 10.2 Å². The molecule has 3 aromatic rings. The highest BCUT2D eigenvalue weighted by Gasteiger charge is 2.34. The van der Waals surface area contributed by atoms with Crippen molar-refractivity contribution in [3.63, 3.8) is 0 Å². The Morgan fingerprint density at radius 3 is 1.73 bits per heavy atom. The Hall–Kier alpha value is -2.46. The lowest BCUT2D eigenvalue weighted by molar-refractivity contribution is -0.0225. The molecule has 4 rings (SSSR count). The van der Waals surface area contributed by atoms with Gasteiger partial charge in [-0.05, 0) is 27.8 Å². The quantitative estimate of drug-likeness (QED) is 0.744. The van der Waals surface area contributed by atoms with Crippen LogP contribution in [0.1, 0.15) is 18.1 Å². The molecule has 132 valence electrons. The van der Waals surface area contributed by atoms with Crippen LogP contribution in [0.25, 0.3) is 22.3 Å². The summed E-state index contributed by atoms with van der Waals surface area (Å²) in [4.78, 5) is 0. The maximum absolute atomic E-state index is 9.89. The third kappa shape index (κ3) is 3.42. The smallest absolute Gasteiger partial charge is 0.107 e. The van der Waals surface area contributed by atoms with Crippen LogP contribution < -0.4 is 0 Å². The average Bonchev–Trinajstić information content (AvgIpc) is 3.10. The minimum Gasteiger partial charge on any atom is -0.394 e. The van der Waals surface area contributed by atoms with Crippen molar-refractivity contribution in [2.45, 2.75) is 24.7 Å². The van der Waals surface area contributed by atoms with E-state index in [-0.39, 0.29) is 12.7 Å². The molecule has 3 aromatic carbocycles. The molecule has 0 bridgehead atoms. The van der Waals surface area contributed by atoms with E-state index >= 15 is 0 Å². The highest BCUT2D eigenvalue weighted by Crippen LogP contribution is 2.34. The van der Waals surface area contributed by atoms with Gasteiger partial charge in [-0.15, -0.1) is 0 Å². The van der Waals surface area contributed by atoms with Crippen molar-refractivity contribution in [1.82, 2.24) is 0 Å². The van der Waals surface area contributed by atoms with Crippen molar-refractivity contribution in [2.24, 2.45) is 0 Å².